The van der Waals surface area contributed by atoms with Gasteiger partial charge in [0.15, 0.2) is 0 Å². The second-order valence-electron chi connectivity index (χ2n) is 4.13. The first-order valence-electron chi connectivity index (χ1n) is 5.45. The first-order valence-corrected chi connectivity index (χ1v) is 5.45. The molecule has 3 nitrogen and oxygen atoms in total. The molecular weight excluding hydrogens is 207 g/mol. The van der Waals surface area contributed by atoms with E-state index in [1.54, 1.807) is 17.0 Å². The molecule has 4 heteroatoms. The molecule has 2 N–H and O–H groups in total. The van der Waals surface area contributed by atoms with Crippen LogP contribution in [-0.4, -0.2) is 23.4 Å². The Morgan fingerprint density at radius 1 is 1.38 bits per heavy atom. The minimum Gasteiger partial charge on any atom is -0.337 e. The highest BCUT2D eigenvalue weighted by molar-refractivity contribution is 5.82. The Labute approximate surface area is 94.0 Å². The van der Waals surface area contributed by atoms with E-state index in [1.807, 2.05) is 0 Å². The van der Waals surface area contributed by atoms with Crippen LogP contribution in [0.2, 0.25) is 0 Å². The fraction of sp³-hybridized carbons (Fsp3) is 0.417. The molecule has 0 aliphatic carbocycles. The molecule has 1 unspecified atom stereocenters. The van der Waals surface area contributed by atoms with Crippen molar-refractivity contribution in [1.82, 2.24) is 4.90 Å². The number of piperidine rings is 1. The van der Waals surface area contributed by atoms with Gasteiger partial charge in [0.25, 0.3) is 0 Å². The summed E-state index contributed by atoms with van der Waals surface area (Å²) < 4.78 is 12.7. The zero-order chi connectivity index (χ0) is 11.5. The van der Waals surface area contributed by atoms with Gasteiger partial charge in [-0.1, -0.05) is 12.1 Å². The van der Waals surface area contributed by atoms with E-state index in [0.29, 0.717) is 6.54 Å². The third kappa shape index (κ3) is 2.39. The SMILES string of the molecule is NC1CCCN(Cc2ccc(F)cc2)C1=O. The van der Waals surface area contributed by atoms with Crippen molar-refractivity contribution in [3.05, 3.63) is 35.6 Å². The summed E-state index contributed by atoms with van der Waals surface area (Å²) in [5.41, 5.74) is 6.63. The number of benzene rings is 1. The summed E-state index contributed by atoms with van der Waals surface area (Å²) in [6.07, 6.45) is 1.70. The predicted octanol–water partition coefficient (Wildman–Crippen LogP) is 1.28. The van der Waals surface area contributed by atoms with Crippen molar-refractivity contribution in [3.8, 4) is 0 Å². The minimum atomic E-state index is -0.366. The Kier molecular flexibility index (Phi) is 3.19. The minimum absolute atomic E-state index is 0.00410. The van der Waals surface area contributed by atoms with Crippen LogP contribution in [0, 0.1) is 5.82 Å². The van der Waals surface area contributed by atoms with Crippen molar-refractivity contribution in [2.24, 2.45) is 5.73 Å². The average molecular weight is 222 g/mol. The summed E-state index contributed by atoms with van der Waals surface area (Å²) in [5, 5.41) is 0. The maximum absolute atomic E-state index is 12.7. The number of amides is 1. The third-order valence-corrected chi connectivity index (χ3v) is 2.86. The molecule has 1 heterocycles. The van der Waals surface area contributed by atoms with E-state index in [9.17, 15) is 9.18 Å². The van der Waals surface area contributed by atoms with Gasteiger partial charge in [-0.2, -0.15) is 0 Å². The van der Waals surface area contributed by atoms with Crippen LogP contribution in [-0.2, 0) is 11.3 Å². The topological polar surface area (TPSA) is 46.3 Å². The number of likely N-dealkylation sites (tertiary alicyclic amines) is 1. The molecule has 0 radical (unpaired) electrons. The maximum Gasteiger partial charge on any atom is 0.239 e. The molecule has 1 amide bonds. The van der Waals surface area contributed by atoms with E-state index in [-0.39, 0.29) is 17.8 Å². The number of rotatable bonds is 2. The van der Waals surface area contributed by atoms with E-state index in [4.69, 9.17) is 5.73 Å². The Balaban J connectivity index is 2.03. The van der Waals surface area contributed by atoms with Gasteiger partial charge in [0.2, 0.25) is 5.91 Å². The van der Waals surface area contributed by atoms with E-state index >= 15 is 0 Å². The Bertz CT molecular complexity index is 377. The van der Waals surface area contributed by atoms with Crippen molar-refractivity contribution in [1.29, 1.82) is 0 Å². The lowest BCUT2D eigenvalue weighted by molar-refractivity contribution is -0.135. The van der Waals surface area contributed by atoms with E-state index in [2.05, 4.69) is 0 Å². The first-order chi connectivity index (χ1) is 7.66. The molecule has 1 aromatic carbocycles. The summed E-state index contributed by atoms with van der Waals surface area (Å²) in [6, 6.07) is 5.84. The van der Waals surface area contributed by atoms with Crippen LogP contribution >= 0.6 is 0 Å². The smallest absolute Gasteiger partial charge is 0.239 e. The van der Waals surface area contributed by atoms with Gasteiger partial charge in [-0.25, -0.2) is 4.39 Å². The number of nitrogens with two attached hydrogens (primary N) is 1. The molecule has 86 valence electrons. The van der Waals surface area contributed by atoms with E-state index < -0.39 is 0 Å². The standard InChI is InChI=1S/C12H15FN2O/c13-10-5-3-9(4-6-10)8-15-7-1-2-11(14)12(15)16/h3-6,11H,1-2,7-8,14H2. The molecule has 1 saturated heterocycles. The molecule has 1 atom stereocenters. The summed E-state index contributed by atoms with van der Waals surface area (Å²) in [6.45, 7) is 1.26. The quantitative estimate of drug-likeness (QED) is 0.819. The lowest BCUT2D eigenvalue weighted by Gasteiger charge is -2.30. The molecule has 1 aliphatic rings. The van der Waals surface area contributed by atoms with Crippen molar-refractivity contribution in [2.45, 2.75) is 25.4 Å². The molecule has 1 aromatic rings. The van der Waals surface area contributed by atoms with Gasteiger partial charge >= 0.3 is 0 Å². The van der Waals surface area contributed by atoms with Gasteiger partial charge in [0, 0.05) is 13.1 Å². The van der Waals surface area contributed by atoms with Crippen molar-refractivity contribution in [3.63, 3.8) is 0 Å². The summed E-state index contributed by atoms with van der Waals surface area (Å²) in [5.74, 6) is -0.263. The predicted molar refractivity (Wildman–Crippen MR) is 59.0 cm³/mol. The fourth-order valence-corrected chi connectivity index (χ4v) is 1.94. The summed E-state index contributed by atoms with van der Waals surface area (Å²) in [4.78, 5) is 13.5. The molecule has 16 heavy (non-hydrogen) atoms. The van der Waals surface area contributed by atoms with Crippen molar-refractivity contribution in [2.75, 3.05) is 6.54 Å². The molecule has 0 saturated carbocycles. The van der Waals surface area contributed by atoms with Crippen molar-refractivity contribution < 1.29 is 9.18 Å². The Morgan fingerprint density at radius 2 is 2.06 bits per heavy atom. The highest BCUT2D eigenvalue weighted by atomic mass is 19.1. The van der Waals surface area contributed by atoms with Crippen LogP contribution in [0.5, 0.6) is 0 Å². The number of hydrogen-bond acceptors (Lipinski definition) is 2. The first kappa shape index (κ1) is 11.1. The van der Waals surface area contributed by atoms with Crippen LogP contribution in [0.4, 0.5) is 4.39 Å². The number of carbonyl (C=O) groups is 1. The molecule has 0 spiro atoms. The summed E-state index contributed by atoms with van der Waals surface area (Å²) >= 11 is 0. The van der Waals surface area contributed by atoms with Crippen LogP contribution in [0.15, 0.2) is 24.3 Å². The van der Waals surface area contributed by atoms with Gasteiger partial charge in [-0.3, -0.25) is 4.79 Å². The zero-order valence-electron chi connectivity index (χ0n) is 9.03. The number of halogens is 1. The second-order valence-corrected chi connectivity index (χ2v) is 4.13. The van der Waals surface area contributed by atoms with Crippen LogP contribution in [0.3, 0.4) is 0 Å². The van der Waals surface area contributed by atoms with E-state index in [1.165, 1.54) is 12.1 Å². The number of nitrogens with zero attached hydrogens (tertiary/aromatic N) is 1. The lowest BCUT2D eigenvalue weighted by Crippen LogP contribution is -2.47. The fourth-order valence-electron chi connectivity index (χ4n) is 1.94. The molecular formula is C12H15FN2O. The molecule has 1 aliphatic heterocycles. The number of carbonyl (C=O) groups excluding carboxylic acids is 1. The van der Waals surface area contributed by atoms with Gasteiger partial charge in [0.05, 0.1) is 6.04 Å². The van der Waals surface area contributed by atoms with E-state index in [0.717, 1.165) is 24.9 Å². The Hall–Kier alpha value is -1.42. The van der Waals surface area contributed by atoms with Crippen LogP contribution in [0.1, 0.15) is 18.4 Å². The van der Waals surface area contributed by atoms with Gasteiger partial charge in [0.1, 0.15) is 5.82 Å². The van der Waals surface area contributed by atoms with Crippen molar-refractivity contribution >= 4 is 5.91 Å². The van der Waals surface area contributed by atoms with Gasteiger partial charge in [-0.15, -0.1) is 0 Å². The van der Waals surface area contributed by atoms with Gasteiger partial charge in [-0.05, 0) is 30.5 Å². The van der Waals surface area contributed by atoms with Crippen LogP contribution in [0.25, 0.3) is 0 Å². The number of hydrogen-bond donors (Lipinski definition) is 1. The highest BCUT2D eigenvalue weighted by Gasteiger charge is 2.25. The monoisotopic (exact) mass is 222 g/mol. The average Bonchev–Trinajstić information content (AvgIpc) is 2.28. The third-order valence-electron chi connectivity index (χ3n) is 2.86. The molecule has 0 aromatic heterocycles. The molecule has 0 bridgehead atoms. The molecule has 2 rings (SSSR count). The molecule has 1 fully saturated rings. The van der Waals surface area contributed by atoms with Gasteiger partial charge < -0.3 is 10.6 Å². The zero-order valence-corrected chi connectivity index (χ0v) is 9.03. The lowest BCUT2D eigenvalue weighted by atomic mass is 10.0. The maximum atomic E-state index is 12.7. The highest BCUT2D eigenvalue weighted by Crippen LogP contribution is 2.14. The summed E-state index contributed by atoms with van der Waals surface area (Å²) in [7, 11) is 0. The normalized spacial score (nSPS) is 21.2. The van der Waals surface area contributed by atoms with Crippen LogP contribution < -0.4 is 5.73 Å². The largest absolute Gasteiger partial charge is 0.337 e. The Morgan fingerprint density at radius 3 is 2.75 bits per heavy atom. The second kappa shape index (κ2) is 4.61.